The van der Waals surface area contributed by atoms with Crippen molar-refractivity contribution in [2.45, 2.75) is 24.9 Å². The van der Waals surface area contributed by atoms with Gasteiger partial charge in [-0.2, -0.15) is 18.3 Å². The summed E-state index contributed by atoms with van der Waals surface area (Å²) in [4.78, 5) is 8.18. The van der Waals surface area contributed by atoms with Gasteiger partial charge in [0.1, 0.15) is 17.9 Å². The van der Waals surface area contributed by atoms with E-state index in [1.807, 2.05) is 0 Å². The Bertz CT molecular complexity index is 1310. The smallest absolute Gasteiger partial charge is 0.373 e. The second kappa shape index (κ2) is 7.55. The molecule has 1 unspecified atom stereocenters. The van der Waals surface area contributed by atoms with E-state index < -0.39 is 48.0 Å². The number of aromatic nitrogens is 4. The maximum Gasteiger partial charge on any atom is 0.389 e. The number of rotatable bonds is 4. The first-order chi connectivity index (χ1) is 15.6. The number of H-pyrrole nitrogens is 1. The van der Waals surface area contributed by atoms with Crippen molar-refractivity contribution in [1.82, 2.24) is 19.7 Å². The highest BCUT2D eigenvalue weighted by atomic mass is 19.4. The Morgan fingerprint density at radius 1 is 1.09 bits per heavy atom. The Kier molecular flexibility index (Phi) is 4.89. The summed E-state index contributed by atoms with van der Waals surface area (Å²) >= 11 is 0. The zero-order valence-electron chi connectivity index (χ0n) is 17.2. The van der Waals surface area contributed by atoms with Gasteiger partial charge in [0.15, 0.2) is 0 Å². The molecule has 2 aromatic heterocycles. The van der Waals surface area contributed by atoms with Gasteiger partial charge in [0.25, 0.3) is 0 Å². The number of aromatic amines is 1. The molecular formula is C22H18F5N5O. The maximum atomic E-state index is 15.2. The fourth-order valence-electron chi connectivity index (χ4n) is 4.47. The molecule has 0 amide bonds. The molecule has 0 radical (unpaired) electrons. The molecule has 6 nitrogen and oxygen atoms in total. The summed E-state index contributed by atoms with van der Waals surface area (Å²) in [6.45, 7) is 0. The minimum Gasteiger partial charge on any atom is -0.373 e. The number of hydrogen-bond acceptors (Lipinski definition) is 4. The summed E-state index contributed by atoms with van der Waals surface area (Å²) in [6, 6.07) is 5.52. The third-order valence-corrected chi connectivity index (χ3v) is 5.96. The second-order valence-corrected chi connectivity index (χ2v) is 8.11. The van der Waals surface area contributed by atoms with Crippen LogP contribution in [0.25, 0.3) is 22.2 Å². The van der Waals surface area contributed by atoms with E-state index in [-0.39, 0.29) is 5.56 Å². The lowest BCUT2D eigenvalue weighted by Gasteiger charge is -2.54. The number of aryl methyl sites for hydroxylation is 1. The molecule has 2 N–H and O–H groups in total. The van der Waals surface area contributed by atoms with Crippen LogP contribution in [-0.4, -0.2) is 37.3 Å². The van der Waals surface area contributed by atoms with Crippen molar-refractivity contribution in [3.63, 3.8) is 0 Å². The number of alkyl halides is 3. The molecule has 3 atom stereocenters. The number of fused-ring (bicyclic) bond motifs is 1. The van der Waals surface area contributed by atoms with Crippen LogP contribution in [0.1, 0.15) is 18.0 Å². The summed E-state index contributed by atoms with van der Waals surface area (Å²) in [5, 5.41) is 14.6. The average Bonchev–Trinajstić information content (AvgIpc) is 3.38. The molecule has 0 bridgehead atoms. The second-order valence-electron chi connectivity index (χ2n) is 8.11. The molecule has 0 spiro atoms. The van der Waals surface area contributed by atoms with Crippen LogP contribution in [0, 0.1) is 17.6 Å². The number of aliphatic hydroxyl groups is 1. The minimum absolute atomic E-state index is 0.207. The van der Waals surface area contributed by atoms with E-state index in [1.54, 1.807) is 31.4 Å². The zero-order valence-corrected chi connectivity index (χ0v) is 17.2. The lowest BCUT2D eigenvalue weighted by molar-refractivity contribution is -0.167. The predicted molar refractivity (Wildman–Crippen MR) is 110 cm³/mol. The third-order valence-electron chi connectivity index (χ3n) is 5.96. The van der Waals surface area contributed by atoms with Crippen molar-refractivity contribution in [2.24, 2.45) is 13.0 Å². The Hall–Kier alpha value is -3.47. The quantitative estimate of drug-likeness (QED) is 0.431. The molecule has 172 valence electrons. The van der Waals surface area contributed by atoms with Crippen molar-refractivity contribution < 1.29 is 27.1 Å². The van der Waals surface area contributed by atoms with Crippen molar-refractivity contribution in [3.8, 4) is 11.1 Å². The molecule has 3 heterocycles. The highest BCUT2D eigenvalue weighted by Gasteiger charge is 2.54. The van der Waals surface area contributed by atoms with Crippen LogP contribution in [0.15, 0.2) is 49.1 Å². The first-order valence-corrected chi connectivity index (χ1v) is 10.1. The molecule has 0 saturated carbocycles. The molecule has 11 heteroatoms. The first-order valence-electron chi connectivity index (χ1n) is 10.1. The normalized spacial score (nSPS) is 20.9. The van der Waals surface area contributed by atoms with Crippen LogP contribution in [0.4, 0.5) is 27.6 Å². The van der Waals surface area contributed by atoms with Crippen LogP contribution in [0.5, 0.6) is 0 Å². The maximum absolute atomic E-state index is 15.2. The molecule has 4 aromatic rings. The molecule has 2 aromatic carbocycles. The molecule has 0 aliphatic carbocycles. The Morgan fingerprint density at radius 2 is 1.82 bits per heavy atom. The summed E-state index contributed by atoms with van der Waals surface area (Å²) in [6.07, 6.45) is -3.14. The van der Waals surface area contributed by atoms with Gasteiger partial charge in [-0.05, 0) is 35.9 Å². The molecule has 1 aliphatic heterocycles. The van der Waals surface area contributed by atoms with Gasteiger partial charge in [-0.15, -0.1) is 0 Å². The zero-order chi connectivity index (χ0) is 23.5. The highest BCUT2D eigenvalue weighted by Crippen LogP contribution is 2.52. The molecule has 1 fully saturated rings. The number of imidazole rings is 1. The predicted octanol–water partition coefficient (Wildman–Crippen LogP) is 4.69. The lowest BCUT2D eigenvalue weighted by atomic mass is 9.77. The van der Waals surface area contributed by atoms with Gasteiger partial charge in [0.2, 0.25) is 0 Å². The average molecular weight is 463 g/mol. The summed E-state index contributed by atoms with van der Waals surface area (Å²) < 4.78 is 71.6. The molecule has 33 heavy (non-hydrogen) atoms. The summed E-state index contributed by atoms with van der Waals surface area (Å²) in [5.41, 5.74) is 1.63. The number of nitrogens with zero attached hydrogens (tertiary/aromatic N) is 4. The van der Waals surface area contributed by atoms with E-state index in [4.69, 9.17) is 0 Å². The van der Waals surface area contributed by atoms with Crippen molar-refractivity contribution >= 4 is 16.7 Å². The minimum atomic E-state index is -4.62. The van der Waals surface area contributed by atoms with E-state index in [0.717, 1.165) is 12.1 Å². The molecular weight excluding hydrogens is 445 g/mol. The van der Waals surface area contributed by atoms with Crippen LogP contribution in [-0.2, 0) is 7.05 Å². The number of anilines is 1. The third kappa shape index (κ3) is 3.71. The van der Waals surface area contributed by atoms with Gasteiger partial charge in [0, 0.05) is 36.0 Å². The Labute approximate surface area is 184 Å². The fourth-order valence-corrected chi connectivity index (χ4v) is 4.47. The summed E-state index contributed by atoms with van der Waals surface area (Å²) in [5.74, 6) is -3.44. The van der Waals surface area contributed by atoms with Gasteiger partial charge >= 0.3 is 6.18 Å². The van der Waals surface area contributed by atoms with E-state index in [2.05, 4.69) is 15.1 Å². The Morgan fingerprint density at radius 3 is 2.45 bits per heavy atom. The molecule has 1 saturated heterocycles. The first kappa shape index (κ1) is 21.4. The lowest BCUT2D eigenvalue weighted by Crippen LogP contribution is -2.60. The largest absolute Gasteiger partial charge is 0.389 e. The van der Waals surface area contributed by atoms with Crippen molar-refractivity contribution in [1.29, 1.82) is 0 Å². The van der Waals surface area contributed by atoms with E-state index in [1.165, 1.54) is 22.1 Å². The van der Waals surface area contributed by atoms with Crippen molar-refractivity contribution in [2.75, 3.05) is 4.90 Å². The number of hydrogen-bond donors (Lipinski definition) is 2. The van der Waals surface area contributed by atoms with Gasteiger partial charge < -0.3 is 15.0 Å². The van der Waals surface area contributed by atoms with E-state index in [9.17, 15) is 18.3 Å². The molecule has 5 rings (SSSR count). The summed E-state index contributed by atoms with van der Waals surface area (Å²) in [7, 11) is 1.65. The van der Waals surface area contributed by atoms with Crippen LogP contribution in [0.2, 0.25) is 0 Å². The van der Waals surface area contributed by atoms with E-state index in [0.29, 0.717) is 22.3 Å². The van der Waals surface area contributed by atoms with Gasteiger partial charge in [-0.1, -0.05) is 0 Å². The van der Waals surface area contributed by atoms with Crippen LogP contribution >= 0.6 is 0 Å². The van der Waals surface area contributed by atoms with Crippen LogP contribution < -0.4 is 4.90 Å². The fraction of sp³-hybridized carbons (Fsp3) is 0.273. The highest BCUT2D eigenvalue weighted by molar-refractivity contribution is 5.79. The Balaban J connectivity index is 1.59. The topological polar surface area (TPSA) is 70.0 Å². The number of benzene rings is 2. The number of halogens is 5. The van der Waals surface area contributed by atoms with E-state index >= 15 is 8.78 Å². The SMILES string of the molecule is Cn1cc(-c2cc(F)c([C@H]3[C@@H](CC(F)(F)F)C(O)N3c3ccc4[nH]cnc4c3)c(F)c2)cn1. The van der Waals surface area contributed by atoms with Gasteiger partial charge in [0.05, 0.1) is 36.0 Å². The van der Waals surface area contributed by atoms with Crippen LogP contribution in [0.3, 0.4) is 0 Å². The monoisotopic (exact) mass is 463 g/mol. The van der Waals surface area contributed by atoms with Crippen molar-refractivity contribution in [3.05, 3.63) is 66.3 Å². The van der Waals surface area contributed by atoms with Gasteiger partial charge in [-0.25, -0.2) is 13.8 Å². The van der Waals surface area contributed by atoms with Gasteiger partial charge in [-0.3, -0.25) is 4.68 Å². The standard InChI is InChI=1S/C22H18F5N5O/c1-31-9-12(8-30-31)11-4-15(23)19(16(24)5-11)20-14(7-22(25,26)27)21(33)32(20)13-2-3-17-18(6-13)29-10-28-17/h2-6,8-10,14,20-21,33H,7H2,1H3,(H,28,29)/t14-,20-,21?/m1/s1. The molecule has 1 aliphatic rings. The number of nitrogens with one attached hydrogen (secondary N) is 1. The number of aliphatic hydroxyl groups excluding tert-OH is 1.